The van der Waals surface area contributed by atoms with Crippen LogP contribution in [0.15, 0.2) is 30.3 Å². The number of benzene rings is 1. The third kappa shape index (κ3) is 3.37. The first-order chi connectivity index (χ1) is 11.5. The fourth-order valence-electron chi connectivity index (χ4n) is 2.77. The zero-order valence-electron chi connectivity index (χ0n) is 14.5. The molecule has 2 aromatic heterocycles. The van der Waals surface area contributed by atoms with E-state index in [0.29, 0.717) is 0 Å². The van der Waals surface area contributed by atoms with Crippen molar-refractivity contribution < 1.29 is 4.90 Å². The molecule has 0 saturated carbocycles. The van der Waals surface area contributed by atoms with Crippen molar-refractivity contribution in [2.45, 2.75) is 13.8 Å². The van der Waals surface area contributed by atoms with Gasteiger partial charge in [0.25, 0.3) is 0 Å². The van der Waals surface area contributed by atoms with Crippen LogP contribution in [0, 0.1) is 13.8 Å². The van der Waals surface area contributed by atoms with Crippen molar-refractivity contribution in [3.8, 4) is 11.1 Å². The van der Waals surface area contributed by atoms with Crippen LogP contribution >= 0.6 is 11.6 Å². The zero-order chi connectivity index (χ0) is 17.3. The number of aromatic nitrogens is 3. The number of likely N-dealkylation sites (N-methyl/N-ethyl adjacent to an activating group) is 1. The Balaban J connectivity index is 2.07. The molecule has 0 radical (unpaired) electrons. The molecule has 126 valence electrons. The van der Waals surface area contributed by atoms with Crippen molar-refractivity contribution in [2.24, 2.45) is 0 Å². The molecular weight excluding hydrogens is 322 g/mol. The summed E-state index contributed by atoms with van der Waals surface area (Å²) in [6.45, 7) is 5.95. The first kappa shape index (κ1) is 16.7. The summed E-state index contributed by atoms with van der Waals surface area (Å²) in [6.07, 6.45) is 0. The Morgan fingerprint density at radius 2 is 1.88 bits per heavy atom. The van der Waals surface area contributed by atoms with E-state index in [1.807, 2.05) is 48.7 Å². The average Bonchev–Trinajstić information content (AvgIpc) is 2.84. The van der Waals surface area contributed by atoms with E-state index in [4.69, 9.17) is 21.7 Å². The largest absolute Gasteiger partial charge is 0.364 e. The van der Waals surface area contributed by atoms with Gasteiger partial charge in [0.1, 0.15) is 5.82 Å². The Kier molecular flexibility index (Phi) is 4.73. The maximum absolute atomic E-state index is 6.02. The summed E-state index contributed by atoms with van der Waals surface area (Å²) in [5.41, 5.74) is 4.92. The highest BCUT2D eigenvalue weighted by atomic mass is 35.5. The van der Waals surface area contributed by atoms with Crippen LogP contribution in [-0.2, 0) is 0 Å². The lowest BCUT2D eigenvalue weighted by atomic mass is 10.1. The molecule has 0 unspecified atom stereocenters. The van der Waals surface area contributed by atoms with Gasteiger partial charge in [0, 0.05) is 22.3 Å². The Morgan fingerprint density at radius 1 is 1.17 bits per heavy atom. The number of nitrogens with one attached hydrogen (secondary N) is 2. The topological polar surface area (TPSA) is 46.7 Å². The van der Waals surface area contributed by atoms with E-state index in [-0.39, 0.29) is 0 Å². The van der Waals surface area contributed by atoms with Crippen molar-refractivity contribution in [1.82, 2.24) is 14.6 Å². The Morgan fingerprint density at radius 3 is 2.54 bits per heavy atom. The summed E-state index contributed by atoms with van der Waals surface area (Å²) < 4.78 is 1.90. The maximum Gasteiger partial charge on any atom is 0.165 e. The van der Waals surface area contributed by atoms with Crippen LogP contribution in [0.1, 0.15) is 11.4 Å². The minimum absolute atomic E-state index is 0.727. The molecule has 2 heterocycles. The van der Waals surface area contributed by atoms with Crippen LogP contribution < -0.4 is 10.2 Å². The minimum atomic E-state index is 0.727. The van der Waals surface area contributed by atoms with Crippen molar-refractivity contribution in [3.05, 3.63) is 46.7 Å². The second-order valence-corrected chi connectivity index (χ2v) is 6.81. The summed E-state index contributed by atoms with van der Waals surface area (Å²) in [5.74, 6) is 0.974. The van der Waals surface area contributed by atoms with E-state index in [1.165, 1.54) is 4.90 Å². The van der Waals surface area contributed by atoms with Crippen LogP contribution in [0.2, 0.25) is 5.02 Å². The number of nitrogens with zero attached hydrogens (tertiary/aromatic N) is 3. The van der Waals surface area contributed by atoms with Gasteiger partial charge in [-0.2, -0.15) is 9.61 Å². The summed E-state index contributed by atoms with van der Waals surface area (Å²) >= 11 is 6.02. The van der Waals surface area contributed by atoms with Gasteiger partial charge in [0.15, 0.2) is 5.65 Å². The van der Waals surface area contributed by atoms with Crippen LogP contribution in [0.4, 0.5) is 5.82 Å². The van der Waals surface area contributed by atoms with Crippen LogP contribution in [0.3, 0.4) is 0 Å². The first-order valence-corrected chi connectivity index (χ1v) is 8.49. The van der Waals surface area contributed by atoms with E-state index in [2.05, 4.69) is 19.4 Å². The molecule has 2 N–H and O–H groups in total. The average molecular weight is 345 g/mol. The van der Waals surface area contributed by atoms with Gasteiger partial charge in [-0.25, -0.2) is 4.98 Å². The van der Waals surface area contributed by atoms with Gasteiger partial charge in [0.05, 0.1) is 32.9 Å². The van der Waals surface area contributed by atoms with Gasteiger partial charge >= 0.3 is 0 Å². The van der Waals surface area contributed by atoms with Crippen molar-refractivity contribution >= 4 is 23.1 Å². The Bertz CT molecular complexity index is 852. The number of hydrogen-bond donors (Lipinski definition) is 2. The molecule has 0 aliphatic heterocycles. The van der Waals surface area contributed by atoms with Crippen LogP contribution in [0.25, 0.3) is 16.8 Å². The molecule has 24 heavy (non-hydrogen) atoms. The molecule has 0 fully saturated rings. The van der Waals surface area contributed by atoms with Gasteiger partial charge in [-0.15, -0.1) is 0 Å². The van der Waals surface area contributed by atoms with E-state index in [1.54, 1.807) is 0 Å². The van der Waals surface area contributed by atoms with Crippen LogP contribution in [0.5, 0.6) is 0 Å². The molecule has 3 aromatic rings. The van der Waals surface area contributed by atoms with E-state index in [9.17, 15) is 0 Å². The maximum atomic E-state index is 6.02. The summed E-state index contributed by atoms with van der Waals surface area (Å²) in [6, 6.07) is 9.86. The quantitative estimate of drug-likeness (QED) is 0.746. The monoisotopic (exact) mass is 344 g/mol. The van der Waals surface area contributed by atoms with E-state index in [0.717, 1.165) is 52.1 Å². The zero-order valence-corrected chi connectivity index (χ0v) is 15.3. The number of aryl methyl sites for hydroxylation is 2. The lowest BCUT2D eigenvalue weighted by Crippen LogP contribution is -3.06. The molecule has 0 atom stereocenters. The second kappa shape index (κ2) is 6.79. The van der Waals surface area contributed by atoms with Crippen LogP contribution in [-0.4, -0.2) is 41.8 Å². The highest BCUT2D eigenvalue weighted by Gasteiger charge is 2.16. The normalized spacial score (nSPS) is 11.4. The minimum Gasteiger partial charge on any atom is -0.364 e. The SMILES string of the molecule is Cc1cc(NCC[NH+](C)C)n2nc(C)c(-c3ccc(Cl)cc3)c2n1. The van der Waals surface area contributed by atoms with Gasteiger partial charge in [-0.05, 0) is 31.5 Å². The summed E-state index contributed by atoms with van der Waals surface area (Å²) in [4.78, 5) is 6.13. The molecule has 0 bridgehead atoms. The lowest BCUT2D eigenvalue weighted by molar-refractivity contribution is -0.856. The number of fused-ring (bicyclic) bond motifs is 1. The smallest absolute Gasteiger partial charge is 0.165 e. The molecule has 0 amide bonds. The predicted molar refractivity (Wildman–Crippen MR) is 99.1 cm³/mol. The molecule has 0 aliphatic rings. The molecule has 1 aromatic carbocycles. The third-order valence-electron chi connectivity index (χ3n) is 3.96. The highest BCUT2D eigenvalue weighted by molar-refractivity contribution is 6.30. The number of halogens is 1. The van der Waals surface area contributed by atoms with Crippen molar-refractivity contribution in [2.75, 3.05) is 32.5 Å². The Labute approximate surface area is 147 Å². The summed E-state index contributed by atoms with van der Waals surface area (Å²) in [5, 5.41) is 8.91. The summed E-state index contributed by atoms with van der Waals surface area (Å²) in [7, 11) is 4.29. The molecule has 0 spiro atoms. The number of hydrogen-bond acceptors (Lipinski definition) is 3. The predicted octanol–water partition coefficient (Wildman–Crippen LogP) is 2.22. The fourth-order valence-corrected chi connectivity index (χ4v) is 2.89. The van der Waals surface area contributed by atoms with Gasteiger partial charge in [-0.1, -0.05) is 23.7 Å². The molecular formula is C18H23ClN5+. The second-order valence-electron chi connectivity index (χ2n) is 6.37. The Hall–Kier alpha value is -2.11. The molecule has 6 heteroatoms. The van der Waals surface area contributed by atoms with Crippen molar-refractivity contribution in [3.63, 3.8) is 0 Å². The molecule has 0 saturated heterocycles. The van der Waals surface area contributed by atoms with Gasteiger partial charge in [0.2, 0.25) is 0 Å². The first-order valence-electron chi connectivity index (χ1n) is 8.11. The van der Waals surface area contributed by atoms with Gasteiger partial charge in [-0.3, -0.25) is 0 Å². The third-order valence-corrected chi connectivity index (χ3v) is 4.21. The molecule has 5 nitrogen and oxygen atoms in total. The number of rotatable bonds is 5. The van der Waals surface area contributed by atoms with E-state index < -0.39 is 0 Å². The van der Waals surface area contributed by atoms with Gasteiger partial charge < -0.3 is 10.2 Å². The lowest BCUT2D eigenvalue weighted by Gasteiger charge is -2.11. The number of quaternary nitrogens is 1. The van der Waals surface area contributed by atoms with Crippen molar-refractivity contribution in [1.29, 1.82) is 0 Å². The molecule has 0 aliphatic carbocycles. The highest BCUT2D eigenvalue weighted by Crippen LogP contribution is 2.29. The standard InChI is InChI=1S/C18H22ClN5/c1-12-11-16(20-9-10-23(3)4)24-18(21-12)17(13(2)22-24)14-5-7-15(19)8-6-14/h5-8,11,20H,9-10H2,1-4H3/p+1. The molecule has 3 rings (SSSR count). The number of anilines is 1. The fraction of sp³-hybridized carbons (Fsp3) is 0.333. The van der Waals surface area contributed by atoms with E-state index >= 15 is 0 Å².